The van der Waals surface area contributed by atoms with Gasteiger partial charge in [-0.3, -0.25) is 4.79 Å². The summed E-state index contributed by atoms with van der Waals surface area (Å²) in [5.41, 5.74) is 8.36. The van der Waals surface area contributed by atoms with Crippen LogP contribution in [0.25, 0.3) is 0 Å². The van der Waals surface area contributed by atoms with Crippen molar-refractivity contribution in [2.45, 2.75) is 64.0 Å². The maximum Gasteiger partial charge on any atom is 0.218 e. The van der Waals surface area contributed by atoms with Crippen molar-refractivity contribution in [3.05, 3.63) is 63.6 Å². The zero-order valence-corrected chi connectivity index (χ0v) is 22.7. The van der Waals surface area contributed by atoms with E-state index in [9.17, 15) is 4.79 Å². The van der Waals surface area contributed by atoms with Crippen molar-refractivity contribution in [3.63, 3.8) is 0 Å². The lowest BCUT2D eigenvalue weighted by atomic mass is 9.86. The first-order valence-electron chi connectivity index (χ1n) is 13.0. The number of hydrogen-bond donors (Lipinski definition) is 3. The molecule has 6 nitrogen and oxygen atoms in total. The minimum absolute atomic E-state index is 0.166. The molecule has 2 fully saturated rings. The van der Waals surface area contributed by atoms with Gasteiger partial charge in [-0.15, -0.1) is 0 Å². The lowest BCUT2D eigenvalue weighted by molar-refractivity contribution is -0.118. The number of carbonyl (C=O) groups excluding carboxylic acids is 1. The van der Waals surface area contributed by atoms with Gasteiger partial charge in [0.1, 0.15) is 0 Å². The van der Waals surface area contributed by atoms with Crippen molar-refractivity contribution in [2.75, 3.05) is 25.0 Å². The van der Waals surface area contributed by atoms with E-state index in [0.29, 0.717) is 28.0 Å². The molecule has 194 valence electrons. The van der Waals surface area contributed by atoms with Crippen LogP contribution in [0, 0.1) is 5.92 Å². The van der Waals surface area contributed by atoms with Crippen LogP contribution >= 0.6 is 23.2 Å². The molecule has 0 aromatic heterocycles. The largest absolute Gasteiger partial charge is 0.370 e. The number of nitrogens with zero attached hydrogens (tertiary/aromatic N) is 2. The number of amides is 1. The Hall–Kier alpha value is -2.28. The van der Waals surface area contributed by atoms with E-state index in [-0.39, 0.29) is 18.2 Å². The lowest BCUT2D eigenvalue weighted by Crippen LogP contribution is -2.53. The first-order valence-corrected chi connectivity index (χ1v) is 13.7. The number of nitrogens with two attached hydrogens (primary N) is 1. The molecule has 1 amide bonds. The summed E-state index contributed by atoms with van der Waals surface area (Å²) in [6.45, 7) is 7.31. The summed E-state index contributed by atoms with van der Waals surface area (Å²) in [7, 11) is 0. The highest BCUT2D eigenvalue weighted by Crippen LogP contribution is 2.35. The van der Waals surface area contributed by atoms with Gasteiger partial charge in [-0.25, -0.2) is 4.99 Å². The summed E-state index contributed by atoms with van der Waals surface area (Å²) < 4.78 is 0. The van der Waals surface area contributed by atoms with Crippen molar-refractivity contribution in [2.24, 2.45) is 16.6 Å². The molecular formula is C28H37Cl2N5O. The number of halogens is 2. The van der Waals surface area contributed by atoms with Gasteiger partial charge in [0.05, 0.1) is 6.04 Å². The molecule has 4 rings (SSSR count). The van der Waals surface area contributed by atoms with Crippen LogP contribution in [-0.4, -0.2) is 48.5 Å². The lowest BCUT2D eigenvalue weighted by Gasteiger charge is -2.36. The molecule has 1 saturated heterocycles. The first kappa shape index (κ1) is 26.8. The van der Waals surface area contributed by atoms with Crippen LogP contribution < -0.4 is 16.4 Å². The second-order valence-electron chi connectivity index (χ2n) is 10.2. The van der Waals surface area contributed by atoms with Gasteiger partial charge < -0.3 is 21.3 Å². The summed E-state index contributed by atoms with van der Waals surface area (Å²) in [5, 5.41) is 8.22. The molecule has 4 atom stereocenters. The zero-order chi connectivity index (χ0) is 25.7. The van der Waals surface area contributed by atoms with E-state index in [4.69, 9.17) is 33.9 Å². The second-order valence-corrected chi connectivity index (χ2v) is 11.1. The van der Waals surface area contributed by atoms with E-state index in [1.165, 1.54) is 19.3 Å². The van der Waals surface area contributed by atoms with Gasteiger partial charge in [0.15, 0.2) is 5.96 Å². The Balaban J connectivity index is 1.58. The minimum atomic E-state index is -0.378. The normalized spacial score (nSPS) is 23.8. The summed E-state index contributed by atoms with van der Waals surface area (Å²) in [5.74, 6) is 0.921. The number of benzene rings is 2. The molecule has 1 aliphatic heterocycles. The molecular weight excluding hydrogens is 493 g/mol. The monoisotopic (exact) mass is 529 g/mol. The van der Waals surface area contributed by atoms with Gasteiger partial charge in [0.25, 0.3) is 0 Å². The number of hydrogen-bond acceptors (Lipinski definition) is 3. The van der Waals surface area contributed by atoms with Gasteiger partial charge >= 0.3 is 0 Å². The molecule has 1 heterocycles. The van der Waals surface area contributed by atoms with Crippen LogP contribution in [-0.2, 0) is 4.79 Å². The van der Waals surface area contributed by atoms with Crippen LogP contribution in [0.2, 0.25) is 10.0 Å². The molecule has 2 aromatic carbocycles. The van der Waals surface area contributed by atoms with E-state index < -0.39 is 0 Å². The zero-order valence-electron chi connectivity index (χ0n) is 21.1. The second kappa shape index (κ2) is 12.3. The Morgan fingerprint density at radius 3 is 2.58 bits per heavy atom. The molecule has 4 N–H and O–H groups in total. The summed E-state index contributed by atoms with van der Waals surface area (Å²) in [6, 6.07) is 14.3. The topological polar surface area (TPSA) is 82.7 Å². The molecule has 8 heteroatoms. The third kappa shape index (κ3) is 6.93. The molecule has 1 saturated carbocycles. The molecule has 0 bridgehead atoms. The van der Waals surface area contributed by atoms with E-state index in [0.717, 1.165) is 48.8 Å². The van der Waals surface area contributed by atoms with E-state index >= 15 is 0 Å². The van der Waals surface area contributed by atoms with E-state index in [2.05, 4.69) is 29.4 Å². The van der Waals surface area contributed by atoms with Crippen molar-refractivity contribution >= 4 is 40.8 Å². The highest BCUT2D eigenvalue weighted by atomic mass is 35.5. The third-order valence-corrected chi connectivity index (χ3v) is 7.90. The number of primary amides is 1. The fourth-order valence-corrected chi connectivity index (χ4v) is 5.82. The number of anilines is 1. The van der Waals surface area contributed by atoms with E-state index in [1.54, 1.807) is 12.1 Å². The van der Waals surface area contributed by atoms with Crippen molar-refractivity contribution in [3.8, 4) is 0 Å². The first-order chi connectivity index (χ1) is 17.3. The maximum absolute atomic E-state index is 11.9. The SMILES string of the molecule is C[C@@H]1CCCC[C@H]1/N=C(\Nc1ccc(C(CC(N)=O)c2ccc(Cl)cc2Cl)cc1)N1CCN[C@@H](C)C1. The fraction of sp³-hybridized carbons (Fsp3) is 0.500. The number of piperazine rings is 1. The number of guanidine groups is 1. The molecule has 0 spiro atoms. The molecule has 0 radical (unpaired) electrons. The molecule has 36 heavy (non-hydrogen) atoms. The summed E-state index contributed by atoms with van der Waals surface area (Å²) >= 11 is 12.6. The van der Waals surface area contributed by atoms with Crippen LogP contribution in [0.5, 0.6) is 0 Å². The Morgan fingerprint density at radius 1 is 1.17 bits per heavy atom. The highest BCUT2D eigenvalue weighted by Gasteiger charge is 2.25. The predicted octanol–water partition coefficient (Wildman–Crippen LogP) is 5.64. The molecule has 2 aliphatic rings. The number of rotatable bonds is 6. The van der Waals surface area contributed by atoms with Crippen LogP contribution in [0.15, 0.2) is 47.5 Å². The summed E-state index contributed by atoms with van der Waals surface area (Å²) in [4.78, 5) is 19.5. The Morgan fingerprint density at radius 2 is 1.92 bits per heavy atom. The minimum Gasteiger partial charge on any atom is -0.370 e. The van der Waals surface area contributed by atoms with Gasteiger partial charge in [-0.1, -0.05) is 61.2 Å². The number of carbonyl (C=O) groups is 1. The van der Waals surface area contributed by atoms with Crippen molar-refractivity contribution < 1.29 is 4.79 Å². The van der Waals surface area contributed by atoms with Crippen molar-refractivity contribution in [1.82, 2.24) is 10.2 Å². The number of nitrogens with one attached hydrogen (secondary N) is 2. The Kier molecular flexibility index (Phi) is 9.15. The molecule has 2 aromatic rings. The van der Waals surface area contributed by atoms with Gasteiger partial charge in [-0.2, -0.15) is 0 Å². The Labute approximate surface area is 224 Å². The molecule has 1 unspecified atom stereocenters. The van der Waals surface area contributed by atoms with Gasteiger partial charge in [0.2, 0.25) is 5.91 Å². The smallest absolute Gasteiger partial charge is 0.218 e. The quantitative estimate of drug-likeness (QED) is 0.334. The summed E-state index contributed by atoms with van der Waals surface area (Å²) in [6.07, 6.45) is 5.09. The van der Waals surface area contributed by atoms with Crippen LogP contribution in [0.1, 0.15) is 63.0 Å². The average molecular weight is 531 g/mol. The molecule has 1 aliphatic carbocycles. The standard InChI is InChI=1S/C28H37Cl2N5O/c1-18-5-3-4-6-26(18)34-28(35-14-13-32-19(2)17-35)33-22-10-7-20(8-11-22)24(16-27(31)36)23-12-9-21(29)15-25(23)30/h7-12,15,18-19,24,26,32H,3-6,13-14,16-17H2,1-2H3,(H2,31,36)(H,33,34)/t18-,19+,24?,26-/m1/s1. The fourth-order valence-electron chi connectivity index (χ4n) is 5.28. The predicted molar refractivity (Wildman–Crippen MR) is 150 cm³/mol. The van der Waals surface area contributed by atoms with Gasteiger partial charge in [-0.05, 0) is 61.1 Å². The maximum atomic E-state index is 11.9. The average Bonchev–Trinajstić information content (AvgIpc) is 2.84. The number of aliphatic imine (C=N–C) groups is 1. The van der Waals surface area contributed by atoms with Crippen LogP contribution in [0.4, 0.5) is 5.69 Å². The van der Waals surface area contributed by atoms with Gasteiger partial charge in [0, 0.05) is 53.7 Å². The van der Waals surface area contributed by atoms with E-state index in [1.807, 2.05) is 30.3 Å². The van der Waals surface area contributed by atoms with Crippen LogP contribution in [0.3, 0.4) is 0 Å². The third-order valence-electron chi connectivity index (χ3n) is 7.34. The Bertz CT molecular complexity index is 1070. The highest BCUT2D eigenvalue weighted by molar-refractivity contribution is 6.35. The van der Waals surface area contributed by atoms with Crippen molar-refractivity contribution in [1.29, 1.82) is 0 Å².